The molecule has 0 bridgehead atoms. The van der Waals surface area contributed by atoms with Gasteiger partial charge in [-0.15, -0.1) is 0 Å². The first kappa shape index (κ1) is 18.3. The predicted octanol–water partition coefficient (Wildman–Crippen LogP) is 4.03. The third-order valence-electron chi connectivity index (χ3n) is 4.44. The molecular formula is C24H15FN2O2. The van der Waals surface area contributed by atoms with Crippen LogP contribution in [0.15, 0.2) is 72.6 Å². The summed E-state index contributed by atoms with van der Waals surface area (Å²) in [4.78, 5) is 29.2. The monoisotopic (exact) mass is 382 g/mol. The lowest BCUT2D eigenvalue weighted by molar-refractivity contribution is -0.112. The molecule has 0 saturated carbocycles. The maximum absolute atomic E-state index is 13.4. The third kappa shape index (κ3) is 4.12. The maximum Gasteiger partial charge on any atom is 0.259 e. The van der Waals surface area contributed by atoms with Crippen LogP contribution in [0.1, 0.15) is 27.0 Å². The van der Waals surface area contributed by atoms with Crippen molar-refractivity contribution in [3.63, 3.8) is 0 Å². The molecule has 140 valence electrons. The van der Waals surface area contributed by atoms with Gasteiger partial charge in [0.15, 0.2) is 0 Å². The van der Waals surface area contributed by atoms with E-state index >= 15 is 0 Å². The van der Waals surface area contributed by atoms with Crippen molar-refractivity contribution in [2.24, 2.45) is 0 Å². The van der Waals surface area contributed by atoms with E-state index in [0.29, 0.717) is 28.8 Å². The number of benzene rings is 2. The van der Waals surface area contributed by atoms with Crippen molar-refractivity contribution in [2.45, 2.75) is 6.42 Å². The smallest absolute Gasteiger partial charge is 0.259 e. The van der Waals surface area contributed by atoms with E-state index < -0.39 is 17.5 Å². The second-order valence-corrected chi connectivity index (χ2v) is 6.49. The molecule has 0 fully saturated rings. The van der Waals surface area contributed by atoms with Gasteiger partial charge in [0.25, 0.3) is 5.91 Å². The lowest BCUT2D eigenvalue weighted by atomic mass is 9.93. The van der Waals surface area contributed by atoms with Crippen molar-refractivity contribution in [3.8, 4) is 11.8 Å². The van der Waals surface area contributed by atoms with E-state index in [1.54, 1.807) is 36.7 Å². The van der Waals surface area contributed by atoms with Crippen LogP contribution in [0.2, 0.25) is 0 Å². The van der Waals surface area contributed by atoms with Crippen LogP contribution in [-0.2, 0) is 11.2 Å². The van der Waals surface area contributed by atoms with Gasteiger partial charge in [-0.1, -0.05) is 24.0 Å². The van der Waals surface area contributed by atoms with Crippen LogP contribution in [0.4, 0.5) is 10.1 Å². The Labute approximate surface area is 167 Å². The van der Waals surface area contributed by atoms with Crippen molar-refractivity contribution < 1.29 is 14.0 Å². The standard InChI is InChI=1S/C24H15FN2O2/c25-19-6-2-5-18(13-19)15-21-23(28)20-14-17(7-8-22(20)27-24(21)29)4-1-3-16-9-11-26-12-10-16/h2,5-15H,3H2,(H,27,29). The van der Waals surface area contributed by atoms with Crippen LogP contribution in [0.25, 0.3) is 6.08 Å². The van der Waals surface area contributed by atoms with E-state index in [1.807, 2.05) is 12.1 Å². The molecule has 3 aromatic rings. The fourth-order valence-electron chi connectivity index (χ4n) is 3.00. The molecule has 1 aliphatic rings. The SMILES string of the molecule is O=C1Nc2ccc(C#CCc3ccncc3)cc2C(=O)C1=Cc1cccc(F)c1. The Kier molecular flexibility index (Phi) is 5.00. The Morgan fingerprint density at radius 3 is 2.66 bits per heavy atom. The van der Waals surface area contributed by atoms with Crippen LogP contribution in [0, 0.1) is 17.7 Å². The Morgan fingerprint density at radius 1 is 1.03 bits per heavy atom. The quantitative estimate of drug-likeness (QED) is 0.414. The predicted molar refractivity (Wildman–Crippen MR) is 109 cm³/mol. The first-order chi connectivity index (χ1) is 14.1. The minimum absolute atomic E-state index is 0.0370. The Hall–Kier alpha value is -4.04. The van der Waals surface area contributed by atoms with Gasteiger partial charge in [-0.3, -0.25) is 14.6 Å². The minimum atomic E-state index is -0.511. The van der Waals surface area contributed by atoms with Crippen molar-refractivity contribution in [3.05, 3.63) is 101 Å². The zero-order chi connectivity index (χ0) is 20.2. The number of amides is 1. The van der Waals surface area contributed by atoms with Crippen molar-refractivity contribution in [2.75, 3.05) is 5.32 Å². The first-order valence-corrected chi connectivity index (χ1v) is 8.95. The molecule has 1 N–H and O–H groups in total. The van der Waals surface area contributed by atoms with Crippen molar-refractivity contribution in [1.29, 1.82) is 0 Å². The second-order valence-electron chi connectivity index (χ2n) is 6.49. The highest BCUT2D eigenvalue weighted by atomic mass is 19.1. The molecular weight excluding hydrogens is 367 g/mol. The fourth-order valence-corrected chi connectivity index (χ4v) is 3.00. The summed E-state index contributed by atoms with van der Waals surface area (Å²) < 4.78 is 13.4. The number of hydrogen-bond donors (Lipinski definition) is 1. The number of fused-ring (bicyclic) bond motifs is 1. The summed E-state index contributed by atoms with van der Waals surface area (Å²) in [6.07, 6.45) is 5.38. The average Bonchev–Trinajstić information content (AvgIpc) is 2.72. The lowest BCUT2D eigenvalue weighted by Gasteiger charge is -2.18. The number of carbonyl (C=O) groups excluding carboxylic acids is 2. The zero-order valence-corrected chi connectivity index (χ0v) is 15.3. The largest absolute Gasteiger partial charge is 0.321 e. The molecule has 5 heteroatoms. The summed E-state index contributed by atoms with van der Waals surface area (Å²) in [6, 6.07) is 14.6. The molecule has 0 radical (unpaired) electrons. The van der Waals surface area contributed by atoms with E-state index in [9.17, 15) is 14.0 Å². The molecule has 2 heterocycles. The van der Waals surface area contributed by atoms with Gasteiger partial charge in [-0.05, 0) is 59.7 Å². The number of aromatic nitrogens is 1. The lowest BCUT2D eigenvalue weighted by Crippen LogP contribution is -2.27. The highest BCUT2D eigenvalue weighted by molar-refractivity contribution is 6.36. The number of nitrogens with one attached hydrogen (secondary N) is 1. The summed E-state index contributed by atoms with van der Waals surface area (Å²) in [5.41, 5.74) is 2.94. The molecule has 4 nitrogen and oxygen atoms in total. The van der Waals surface area contributed by atoms with E-state index in [1.165, 1.54) is 24.3 Å². The van der Waals surface area contributed by atoms with Gasteiger partial charge in [0, 0.05) is 29.9 Å². The van der Waals surface area contributed by atoms with Gasteiger partial charge < -0.3 is 5.32 Å². The summed E-state index contributed by atoms with van der Waals surface area (Å²) in [5.74, 6) is 4.76. The van der Waals surface area contributed by atoms with Crippen LogP contribution in [-0.4, -0.2) is 16.7 Å². The molecule has 1 amide bonds. The summed E-state index contributed by atoms with van der Waals surface area (Å²) in [5, 5.41) is 2.71. The number of pyridine rings is 1. The Bertz CT molecular complexity index is 1200. The number of halogens is 1. The molecule has 0 spiro atoms. The van der Waals surface area contributed by atoms with E-state index in [0.717, 1.165) is 5.56 Å². The number of Topliss-reactive ketones (excluding diaryl/α,β-unsaturated/α-hetero) is 1. The number of ketones is 1. The molecule has 29 heavy (non-hydrogen) atoms. The normalized spacial score (nSPS) is 14.0. The number of carbonyl (C=O) groups is 2. The minimum Gasteiger partial charge on any atom is -0.321 e. The summed E-state index contributed by atoms with van der Waals surface area (Å²) in [6.45, 7) is 0. The van der Waals surface area contributed by atoms with Crippen LogP contribution in [0.3, 0.4) is 0 Å². The molecule has 0 saturated heterocycles. The molecule has 1 aliphatic heterocycles. The summed E-state index contributed by atoms with van der Waals surface area (Å²) in [7, 11) is 0. The Balaban J connectivity index is 1.62. The number of anilines is 1. The van der Waals surface area contributed by atoms with Gasteiger partial charge in [0.1, 0.15) is 5.82 Å². The van der Waals surface area contributed by atoms with E-state index in [2.05, 4.69) is 22.1 Å². The number of nitrogens with zero attached hydrogens (tertiary/aromatic N) is 1. The highest BCUT2D eigenvalue weighted by Crippen LogP contribution is 2.27. The number of rotatable bonds is 2. The van der Waals surface area contributed by atoms with Gasteiger partial charge >= 0.3 is 0 Å². The molecule has 2 aromatic carbocycles. The summed E-state index contributed by atoms with van der Waals surface area (Å²) >= 11 is 0. The third-order valence-corrected chi connectivity index (χ3v) is 4.44. The highest BCUT2D eigenvalue weighted by Gasteiger charge is 2.28. The van der Waals surface area contributed by atoms with Gasteiger partial charge in [-0.25, -0.2) is 4.39 Å². The topological polar surface area (TPSA) is 59.1 Å². The van der Waals surface area contributed by atoms with Crippen LogP contribution in [0.5, 0.6) is 0 Å². The van der Waals surface area contributed by atoms with E-state index in [-0.39, 0.29) is 5.57 Å². The van der Waals surface area contributed by atoms with E-state index in [4.69, 9.17) is 0 Å². The maximum atomic E-state index is 13.4. The van der Waals surface area contributed by atoms with Gasteiger partial charge in [0.2, 0.25) is 5.78 Å². The second kappa shape index (κ2) is 7.91. The van der Waals surface area contributed by atoms with Gasteiger partial charge in [-0.2, -0.15) is 0 Å². The van der Waals surface area contributed by atoms with Crippen LogP contribution < -0.4 is 5.32 Å². The number of hydrogen-bond acceptors (Lipinski definition) is 3. The van der Waals surface area contributed by atoms with Gasteiger partial charge in [0.05, 0.1) is 11.3 Å². The molecule has 0 atom stereocenters. The Morgan fingerprint density at radius 2 is 1.86 bits per heavy atom. The fraction of sp³-hybridized carbons (Fsp3) is 0.0417. The average molecular weight is 382 g/mol. The van der Waals surface area contributed by atoms with Crippen LogP contribution >= 0.6 is 0 Å². The molecule has 0 unspecified atom stereocenters. The molecule has 0 aliphatic carbocycles. The van der Waals surface area contributed by atoms with Crippen molar-refractivity contribution >= 4 is 23.5 Å². The molecule has 4 rings (SSSR count). The van der Waals surface area contributed by atoms with Crippen molar-refractivity contribution in [1.82, 2.24) is 4.98 Å². The zero-order valence-electron chi connectivity index (χ0n) is 15.3. The molecule has 1 aromatic heterocycles. The first-order valence-electron chi connectivity index (χ1n) is 8.95.